The molecule has 0 radical (unpaired) electrons. The summed E-state index contributed by atoms with van der Waals surface area (Å²) in [6, 6.07) is 8.99. The Bertz CT molecular complexity index is 1180. The lowest BCUT2D eigenvalue weighted by Gasteiger charge is -2.29. The van der Waals surface area contributed by atoms with Crippen LogP contribution in [0.3, 0.4) is 0 Å². The Balaban J connectivity index is 1.65. The van der Waals surface area contributed by atoms with Gasteiger partial charge in [0.05, 0.1) is 0 Å². The summed E-state index contributed by atoms with van der Waals surface area (Å²) >= 11 is 0. The third-order valence-corrected chi connectivity index (χ3v) is 6.38. The molecule has 1 saturated carbocycles. The summed E-state index contributed by atoms with van der Waals surface area (Å²) in [6.07, 6.45) is 4.73. The highest BCUT2D eigenvalue weighted by Crippen LogP contribution is 2.41. The molecular formula is C27H23F5. The number of hydrogen-bond donors (Lipinski definition) is 0. The van der Waals surface area contributed by atoms with Crippen LogP contribution in [0.25, 0.3) is 10.8 Å². The van der Waals surface area contributed by atoms with Crippen LogP contribution in [0.4, 0.5) is 22.0 Å². The van der Waals surface area contributed by atoms with Gasteiger partial charge in [0.25, 0.3) is 0 Å². The Morgan fingerprint density at radius 1 is 0.750 bits per heavy atom. The molecule has 4 rings (SSSR count). The van der Waals surface area contributed by atoms with Gasteiger partial charge in [0.15, 0.2) is 23.3 Å². The van der Waals surface area contributed by atoms with Crippen molar-refractivity contribution in [1.82, 2.24) is 0 Å². The van der Waals surface area contributed by atoms with Crippen molar-refractivity contribution in [3.8, 4) is 11.8 Å². The molecule has 0 heterocycles. The van der Waals surface area contributed by atoms with Crippen molar-refractivity contribution >= 4 is 10.8 Å². The van der Waals surface area contributed by atoms with Gasteiger partial charge in [-0.05, 0) is 72.6 Å². The van der Waals surface area contributed by atoms with Crippen molar-refractivity contribution < 1.29 is 22.0 Å². The molecule has 0 amide bonds. The van der Waals surface area contributed by atoms with Crippen LogP contribution < -0.4 is 0 Å². The lowest BCUT2D eigenvalue weighted by atomic mass is 9.76. The third-order valence-electron chi connectivity index (χ3n) is 6.38. The standard InChI is InChI=1S/C27H23F5/c1-2-3-16-4-8-18(9-5-16)23-26(31)24(29)22(25(30)27(23)32)13-7-17-6-10-20-15-21(28)12-11-19(20)14-17/h6,10-12,14-16,18H,2-5,8-9H2,1H3. The minimum Gasteiger partial charge on any atom is -0.207 e. The van der Waals surface area contributed by atoms with Crippen molar-refractivity contribution in [2.45, 2.75) is 51.4 Å². The summed E-state index contributed by atoms with van der Waals surface area (Å²) in [7, 11) is 0. The molecule has 0 aromatic heterocycles. The van der Waals surface area contributed by atoms with Crippen molar-refractivity contribution in [2.24, 2.45) is 5.92 Å². The van der Waals surface area contributed by atoms with Gasteiger partial charge in [-0.3, -0.25) is 0 Å². The molecule has 0 bridgehead atoms. The summed E-state index contributed by atoms with van der Waals surface area (Å²) in [6.45, 7) is 2.09. The number of benzene rings is 3. The summed E-state index contributed by atoms with van der Waals surface area (Å²) < 4.78 is 72.4. The maximum Gasteiger partial charge on any atom is 0.177 e. The minimum atomic E-state index is -1.45. The third kappa shape index (κ3) is 4.37. The van der Waals surface area contributed by atoms with Crippen LogP contribution in [-0.2, 0) is 0 Å². The van der Waals surface area contributed by atoms with Gasteiger partial charge in [-0.15, -0.1) is 0 Å². The van der Waals surface area contributed by atoms with Crippen LogP contribution in [0.1, 0.15) is 68.1 Å². The first-order chi connectivity index (χ1) is 15.4. The highest BCUT2D eigenvalue weighted by molar-refractivity contribution is 5.84. The predicted molar refractivity (Wildman–Crippen MR) is 116 cm³/mol. The molecular weight excluding hydrogens is 419 g/mol. The highest BCUT2D eigenvalue weighted by atomic mass is 19.2. The van der Waals surface area contributed by atoms with Gasteiger partial charge in [0, 0.05) is 11.1 Å². The lowest BCUT2D eigenvalue weighted by Crippen LogP contribution is -2.17. The molecule has 0 saturated heterocycles. The van der Waals surface area contributed by atoms with Crippen LogP contribution in [-0.4, -0.2) is 0 Å². The summed E-state index contributed by atoms with van der Waals surface area (Å²) in [4.78, 5) is 0. The zero-order chi connectivity index (χ0) is 22.8. The quantitative estimate of drug-likeness (QED) is 0.219. The monoisotopic (exact) mass is 442 g/mol. The van der Waals surface area contributed by atoms with Gasteiger partial charge >= 0.3 is 0 Å². The van der Waals surface area contributed by atoms with Crippen molar-refractivity contribution in [3.05, 3.63) is 82.2 Å². The molecule has 1 fully saturated rings. The van der Waals surface area contributed by atoms with Gasteiger partial charge < -0.3 is 0 Å². The molecule has 3 aromatic rings. The van der Waals surface area contributed by atoms with Gasteiger partial charge in [-0.1, -0.05) is 43.7 Å². The Labute approximate surface area is 184 Å². The molecule has 0 spiro atoms. The fraction of sp³-hybridized carbons (Fsp3) is 0.333. The minimum absolute atomic E-state index is 0.384. The van der Waals surface area contributed by atoms with E-state index in [-0.39, 0.29) is 5.82 Å². The Kier molecular flexibility index (Phi) is 6.50. The van der Waals surface area contributed by atoms with Crippen molar-refractivity contribution in [1.29, 1.82) is 0 Å². The zero-order valence-corrected chi connectivity index (χ0v) is 17.8. The van der Waals surface area contributed by atoms with Crippen molar-refractivity contribution in [2.75, 3.05) is 0 Å². The average molecular weight is 442 g/mol. The van der Waals surface area contributed by atoms with E-state index < -0.39 is 40.3 Å². The van der Waals surface area contributed by atoms with E-state index in [0.29, 0.717) is 35.1 Å². The Morgan fingerprint density at radius 2 is 1.38 bits per heavy atom. The summed E-state index contributed by atoms with van der Waals surface area (Å²) in [5.74, 6) is -1.19. The van der Waals surface area contributed by atoms with E-state index in [2.05, 4.69) is 18.8 Å². The second kappa shape index (κ2) is 9.32. The fourth-order valence-electron chi connectivity index (χ4n) is 4.69. The van der Waals surface area contributed by atoms with E-state index in [1.165, 1.54) is 12.1 Å². The summed E-state index contributed by atoms with van der Waals surface area (Å²) in [5, 5.41) is 1.33. The van der Waals surface area contributed by atoms with Gasteiger partial charge in [0.1, 0.15) is 11.4 Å². The molecule has 0 atom stereocenters. The van der Waals surface area contributed by atoms with E-state index in [4.69, 9.17) is 0 Å². The van der Waals surface area contributed by atoms with Crippen LogP contribution in [0.15, 0.2) is 36.4 Å². The second-order valence-electron chi connectivity index (χ2n) is 8.51. The largest absolute Gasteiger partial charge is 0.207 e. The molecule has 0 nitrogen and oxygen atoms in total. The molecule has 1 aliphatic carbocycles. The van der Waals surface area contributed by atoms with Gasteiger partial charge in [0.2, 0.25) is 0 Å². The van der Waals surface area contributed by atoms with Gasteiger partial charge in [-0.2, -0.15) is 0 Å². The average Bonchev–Trinajstić information content (AvgIpc) is 2.79. The molecule has 3 aromatic carbocycles. The number of halogens is 5. The zero-order valence-electron chi connectivity index (χ0n) is 17.8. The molecule has 1 aliphatic rings. The van der Waals surface area contributed by atoms with E-state index >= 15 is 0 Å². The Hall–Kier alpha value is -2.87. The van der Waals surface area contributed by atoms with Crippen molar-refractivity contribution in [3.63, 3.8) is 0 Å². The van der Waals surface area contributed by atoms with Crippen LogP contribution in [0.2, 0.25) is 0 Å². The predicted octanol–water partition coefficient (Wildman–Crippen LogP) is 8.01. The number of rotatable bonds is 3. The maximum absolute atomic E-state index is 14.8. The highest BCUT2D eigenvalue weighted by Gasteiger charge is 2.32. The first-order valence-corrected chi connectivity index (χ1v) is 11.0. The SMILES string of the molecule is CCCC1CCC(c2c(F)c(F)c(C#Cc3ccc4cc(F)ccc4c3)c(F)c2F)CC1. The van der Waals surface area contributed by atoms with E-state index in [0.717, 1.165) is 25.7 Å². The Morgan fingerprint density at radius 3 is 2.03 bits per heavy atom. The number of hydrogen-bond acceptors (Lipinski definition) is 0. The van der Waals surface area contributed by atoms with Crippen LogP contribution >= 0.6 is 0 Å². The fourth-order valence-corrected chi connectivity index (χ4v) is 4.69. The van der Waals surface area contributed by atoms with Crippen LogP contribution in [0.5, 0.6) is 0 Å². The number of fused-ring (bicyclic) bond motifs is 1. The van der Waals surface area contributed by atoms with Gasteiger partial charge in [-0.25, -0.2) is 22.0 Å². The normalized spacial score (nSPS) is 18.4. The van der Waals surface area contributed by atoms with E-state index in [1.807, 2.05) is 0 Å². The second-order valence-corrected chi connectivity index (χ2v) is 8.51. The molecule has 0 unspecified atom stereocenters. The first kappa shape index (κ1) is 22.3. The maximum atomic E-state index is 14.8. The van der Waals surface area contributed by atoms with E-state index in [9.17, 15) is 22.0 Å². The molecule has 0 N–H and O–H groups in total. The van der Waals surface area contributed by atoms with Crippen LogP contribution in [0, 0.1) is 46.8 Å². The smallest absolute Gasteiger partial charge is 0.177 e. The molecule has 166 valence electrons. The summed E-state index contributed by atoms with van der Waals surface area (Å²) in [5.41, 5.74) is -1.02. The topological polar surface area (TPSA) is 0 Å². The molecule has 32 heavy (non-hydrogen) atoms. The molecule has 5 heteroatoms. The first-order valence-electron chi connectivity index (χ1n) is 11.0. The molecule has 0 aliphatic heterocycles. The van der Waals surface area contributed by atoms with E-state index in [1.54, 1.807) is 24.3 Å². The lowest BCUT2D eigenvalue weighted by molar-refractivity contribution is 0.295.